The lowest BCUT2D eigenvalue weighted by molar-refractivity contribution is -0.135. The van der Waals surface area contributed by atoms with Gasteiger partial charge in [0, 0.05) is 48.2 Å². The van der Waals surface area contributed by atoms with Crippen molar-refractivity contribution in [1.82, 2.24) is 9.80 Å². The van der Waals surface area contributed by atoms with Gasteiger partial charge in [-0.1, -0.05) is 12.1 Å². The topological polar surface area (TPSA) is 66.2 Å². The Hall–Kier alpha value is -2.57. The molecule has 7 rings (SSSR count). The van der Waals surface area contributed by atoms with E-state index in [4.69, 9.17) is 9.15 Å². The zero-order chi connectivity index (χ0) is 23.0. The second-order valence-electron chi connectivity index (χ2n) is 11.0. The summed E-state index contributed by atoms with van der Waals surface area (Å²) in [5.74, 6) is 2.03. The minimum Gasteiger partial charge on any atom is -0.487 e. The van der Waals surface area contributed by atoms with Crippen molar-refractivity contribution in [2.45, 2.75) is 61.8 Å². The number of carbonyl (C=O) groups excluding carboxylic acids is 1. The summed E-state index contributed by atoms with van der Waals surface area (Å²) in [7, 11) is 1.93. The van der Waals surface area contributed by atoms with Crippen LogP contribution in [0.15, 0.2) is 47.3 Å². The maximum Gasteiger partial charge on any atom is 0.246 e. The van der Waals surface area contributed by atoms with Gasteiger partial charge in [0.2, 0.25) is 5.91 Å². The van der Waals surface area contributed by atoms with Crippen LogP contribution >= 0.6 is 0 Å². The number of likely N-dealkylation sites (tertiary alicyclic amines) is 1. The summed E-state index contributed by atoms with van der Waals surface area (Å²) in [4.78, 5) is 17.7. The SMILES string of the molecule is CN(C(=O)C=Cc1ccoc1)[C@@H]1CC[C@H]2[C@H]3Cc4cccc5c4[C@@]2(CCN3CC2CC2O)[C@H]1O5. The molecule has 178 valence electrons. The number of furan rings is 1. The van der Waals surface area contributed by atoms with Gasteiger partial charge >= 0.3 is 0 Å². The van der Waals surface area contributed by atoms with E-state index in [-0.39, 0.29) is 29.6 Å². The van der Waals surface area contributed by atoms with E-state index >= 15 is 0 Å². The minimum absolute atomic E-state index is 0.00450. The molecule has 1 spiro atoms. The number of likely N-dealkylation sites (N-methyl/N-ethyl adjacent to an activating group) is 1. The van der Waals surface area contributed by atoms with E-state index in [1.54, 1.807) is 18.6 Å². The number of amides is 1. The first-order valence-corrected chi connectivity index (χ1v) is 12.7. The van der Waals surface area contributed by atoms with Gasteiger partial charge in [0.05, 0.1) is 24.7 Å². The highest BCUT2D eigenvalue weighted by Gasteiger charge is 2.66. The fraction of sp³-hybridized carbons (Fsp3) is 0.536. The number of ether oxygens (including phenoxy) is 1. The molecule has 3 fully saturated rings. The molecular formula is C28H32N2O4. The second-order valence-corrected chi connectivity index (χ2v) is 11.0. The largest absolute Gasteiger partial charge is 0.487 e. The van der Waals surface area contributed by atoms with Crippen LogP contribution in [-0.2, 0) is 16.6 Å². The average molecular weight is 461 g/mol. The van der Waals surface area contributed by atoms with E-state index in [0.29, 0.717) is 17.9 Å². The Morgan fingerprint density at radius 1 is 1.32 bits per heavy atom. The summed E-state index contributed by atoms with van der Waals surface area (Å²) >= 11 is 0. The molecule has 2 aromatic rings. The third kappa shape index (κ3) is 2.91. The van der Waals surface area contributed by atoms with Crippen LogP contribution in [0.5, 0.6) is 5.75 Å². The van der Waals surface area contributed by atoms with Crippen LogP contribution in [0.4, 0.5) is 0 Å². The molecule has 1 aromatic carbocycles. The van der Waals surface area contributed by atoms with E-state index in [1.807, 2.05) is 24.1 Å². The molecular weight excluding hydrogens is 428 g/mol. The van der Waals surface area contributed by atoms with Crippen molar-refractivity contribution < 1.29 is 19.1 Å². The Labute approximate surface area is 200 Å². The summed E-state index contributed by atoms with van der Waals surface area (Å²) < 4.78 is 11.9. The van der Waals surface area contributed by atoms with Crippen LogP contribution < -0.4 is 4.74 Å². The Kier molecular flexibility index (Phi) is 4.56. The fourth-order valence-corrected chi connectivity index (χ4v) is 7.74. The zero-order valence-electron chi connectivity index (χ0n) is 19.6. The lowest BCUT2D eigenvalue weighted by Gasteiger charge is -2.60. The van der Waals surface area contributed by atoms with Crippen molar-refractivity contribution in [1.29, 1.82) is 0 Å². The van der Waals surface area contributed by atoms with E-state index in [9.17, 15) is 9.90 Å². The van der Waals surface area contributed by atoms with Gasteiger partial charge in [0.15, 0.2) is 0 Å². The molecule has 1 saturated heterocycles. The molecule has 5 aliphatic rings. The predicted molar refractivity (Wildman–Crippen MR) is 127 cm³/mol. The number of piperidine rings is 1. The maximum absolute atomic E-state index is 13.2. The summed E-state index contributed by atoms with van der Waals surface area (Å²) in [5.41, 5.74) is 3.74. The molecule has 1 aromatic heterocycles. The molecule has 34 heavy (non-hydrogen) atoms. The van der Waals surface area contributed by atoms with E-state index in [2.05, 4.69) is 23.1 Å². The first-order chi connectivity index (χ1) is 16.6. The van der Waals surface area contributed by atoms with Crippen molar-refractivity contribution in [3.05, 3.63) is 59.6 Å². The molecule has 2 bridgehead atoms. The Balaban J connectivity index is 1.21. The molecule has 7 atom stereocenters. The van der Waals surface area contributed by atoms with Crippen molar-refractivity contribution in [2.24, 2.45) is 11.8 Å². The molecule has 3 heterocycles. The Morgan fingerprint density at radius 2 is 2.21 bits per heavy atom. The molecule has 6 nitrogen and oxygen atoms in total. The van der Waals surface area contributed by atoms with Crippen molar-refractivity contribution >= 4 is 12.0 Å². The number of nitrogens with zero attached hydrogens (tertiary/aromatic N) is 2. The average Bonchev–Trinajstić information content (AvgIpc) is 3.21. The van der Waals surface area contributed by atoms with Gasteiger partial charge in [-0.25, -0.2) is 0 Å². The number of hydrogen-bond acceptors (Lipinski definition) is 5. The van der Waals surface area contributed by atoms with Crippen LogP contribution in [-0.4, -0.2) is 65.2 Å². The molecule has 2 unspecified atom stereocenters. The maximum atomic E-state index is 13.2. The van der Waals surface area contributed by atoms with Crippen LogP contribution in [0.25, 0.3) is 6.08 Å². The number of aliphatic hydroxyl groups is 1. The number of aliphatic hydroxyl groups excluding tert-OH is 1. The quantitative estimate of drug-likeness (QED) is 0.694. The molecule has 1 N–H and O–H groups in total. The first-order valence-electron chi connectivity index (χ1n) is 12.7. The predicted octanol–water partition coefficient (Wildman–Crippen LogP) is 3.24. The minimum atomic E-state index is -0.105. The number of carbonyl (C=O) groups is 1. The smallest absolute Gasteiger partial charge is 0.246 e. The Morgan fingerprint density at radius 3 is 3.00 bits per heavy atom. The summed E-state index contributed by atoms with van der Waals surface area (Å²) in [6, 6.07) is 8.95. The lowest BCUT2D eigenvalue weighted by Crippen LogP contribution is -2.69. The van der Waals surface area contributed by atoms with E-state index in [0.717, 1.165) is 56.5 Å². The van der Waals surface area contributed by atoms with Gasteiger partial charge in [0.25, 0.3) is 0 Å². The first kappa shape index (κ1) is 20.8. The number of hydrogen-bond donors (Lipinski definition) is 1. The lowest BCUT2D eigenvalue weighted by atomic mass is 9.51. The van der Waals surface area contributed by atoms with Gasteiger partial charge in [0.1, 0.15) is 11.9 Å². The monoisotopic (exact) mass is 460 g/mol. The van der Waals surface area contributed by atoms with Crippen molar-refractivity contribution in [2.75, 3.05) is 20.1 Å². The highest BCUT2D eigenvalue weighted by atomic mass is 16.5. The van der Waals surface area contributed by atoms with Crippen LogP contribution in [0, 0.1) is 11.8 Å². The Bertz CT molecular complexity index is 1140. The third-order valence-corrected chi connectivity index (χ3v) is 9.46. The van der Waals surface area contributed by atoms with Crippen molar-refractivity contribution in [3.63, 3.8) is 0 Å². The molecule has 2 saturated carbocycles. The van der Waals surface area contributed by atoms with Crippen LogP contribution in [0.2, 0.25) is 0 Å². The van der Waals surface area contributed by atoms with Gasteiger partial charge in [-0.05, 0) is 68.3 Å². The van der Waals surface area contributed by atoms with Crippen LogP contribution in [0.3, 0.4) is 0 Å². The highest BCUT2D eigenvalue weighted by molar-refractivity contribution is 5.91. The zero-order valence-corrected chi connectivity index (χ0v) is 19.6. The third-order valence-electron chi connectivity index (χ3n) is 9.46. The number of rotatable bonds is 5. The molecule has 3 aliphatic carbocycles. The fourth-order valence-electron chi connectivity index (χ4n) is 7.74. The molecule has 2 aliphatic heterocycles. The van der Waals surface area contributed by atoms with E-state index in [1.165, 1.54) is 11.1 Å². The van der Waals surface area contributed by atoms with Gasteiger partial charge in [-0.3, -0.25) is 9.69 Å². The van der Waals surface area contributed by atoms with Gasteiger partial charge < -0.3 is 19.2 Å². The second kappa shape index (κ2) is 7.46. The standard InChI is InChI=1S/C28H32N2O4/c1-29(25(32)8-5-17-9-12-33-16-17)21-7-6-20-22-13-18-3-2-4-24-26(18)28(20,27(21)34-24)10-11-30(22)15-19-14-23(19)31/h2-5,8-9,12,16,19-23,27,31H,6-7,10-11,13-15H2,1H3/t19?,20-,21+,22+,23?,27-,28-/m0/s1. The normalized spacial score (nSPS) is 37.4. The number of benzene rings is 1. The van der Waals surface area contributed by atoms with Gasteiger partial charge in [-0.15, -0.1) is 0 Å². The summed E-state index contributed by atoms with van der Waals surface area (Å²) in [5, 5.41) is 9.98. The molecule has 1 amide bonds. The summed E-state index contributed by atoms with van der Waals surface area (Å²) in [6.07, 6.45) is 11.8. The molecule has 0 radical (unpaired) electrons. The van der Waals surface area contributed by atoms with E-state index < -0.39 is 0 Å². The van der Waals surface area contributed by atoms with Gasteiger partial charge in [-0.2, -0.15) is 0 Å². The summed E-state index contributed by atoms with van der Waals surface area (Å²) in [6.45, 7) is 2.06. The highest BCUT2D eigenvalue weighted by Crippen LogP contribution is 2.62. The molecule has 6 heteroatoms. The van der Waals surface area contributed by atoms with Crippen molar-refractivity contribution in [3.8, 4) is 5.75 Å². The van der Waals surface area contributed by atoms with Crippen LogP contribution in [0.1, 0.15) is 42.4 Å².